The number of aromatic nitrogens is 2. The minimum atomic E-state index is -0.458. The summed E-state index contributed by atoms with van der Waals surface area (Å²) >= 11 is 0. The van der Waals surface area contributed by atoms with E-state index in [0.29, 0.717) is 16.8 Å². The summed E-state index contributed by atoms with van der Waals surface area (Å²) in [6.45, 7) is 8.10. The Morgan fingerprint density at radius 2 is 1.88 bits per heavy atom. The number of nitrogens with zero attached hydrogens (tertiary/aromatic N) is 4. The van der Waals surface area contributed by atoms with Crippen molar-refractivity contribution >= 4 is 17.6 Å². The van der Waals surface area contributed by atoms with Crippen molar-refractivity contribution in [3.63, 3.8) is 0 Å². The van der Waals surface area contributed by atoms with E-state index in [4.69, 9.17) is 5.26 Å². The molecule has 1 aromatic heterocycles. The second kappa shape index (κ2) is 9.17. The van der Waals surface area contributed by atoms with Crippen LogP contribution in [0.1, 0.15) is 56.1 Å². The minimum absolute atomic E-state index is 0.177. The van der Waals surface area contributed by atoms with Crippen molar-refractivity contribution in [2.24, 2.45) is 0 Å². The van der Waals surface area contributed by atoms with Crippen molar-refractivity contribution < 1.29 is 9.59 Å². The van der Waals surface area contributed by atoms with E-state index in [9.17, 15) is 9.59 Å². The average Bonchev–Trinajstić information content (AvgIpc) is 3.32. The van der Waals surface area contributed by atoms with Crippen LogP contribution in [0.25, 0.3) is 0 Å². The van der Waals surface area contributed by atoms with Gasteiger partial charge in [0.2, 0.25) is 0 Å². The number of aryl methyl sites for hydroxylation is 2. The maximum Gasteiger partial charge on any atom is 0.264 e. The highest BCUT2D eigenvalue weighted by Gasteiger charge is 2.30. The van der Waals surface area contributed by atoms with E-state index in [-0.39, 0.29) is 11.9 Å². The van der Waals surface area contributed by atoms with Crippen LogP contribution in [0.4, 0.5) is 5.82 Å². The van der Waals surface area contributed by atoms with Crippen LogP contribution in [0.3, 0.4) is 0 Å². The van der Waals surface area contributed by atoms with Gasteiger partial charge in [-0.3, -0.25) is 14.9 Å². The first kappa shape index (κ1) is 22.1. The van der Waals surface area contributed by atoms with Crippen LogP contribution in [-0.4, -0.2) is 28.1 Å². The van der Waals surface area contributed by atoms with Crippen molar-refractivity contribution in [1.29, 1.82) is 5.26 Å². The summed E-state index contributed by atoms with van der Waals surface area (Å²) in [5.41, 5.74) is 4.94. The van der Waals surface area contributed by atoms with Gasteiger partial charge in [-0.15, -0.1) is 0 Å². The molecule has 1 atom stereocenters. The van der Waals surface area contributed by atoms with E-state index in [1.165, 1.54) is 11.1 Å². The standard InChI is InChI=1S/C25H26N6O2/c1-16-5-4-6-19(13-16)14-30-11-12-31-25(30)22(18(3)29-31)24(33)28-17(2)20-7-9-21(10-8-20)23(32)27-15-26/h4-10,13,17H,11-12,14H2,1-3H3,(H,27,32)(H,28,33)/t17-/m0/s1. The number of carbonyl (C=O) groups is 2. The van der Waals surface area contributed by atoms with E-state index >= 15 is 0 Å². The maximum absolute atomic E-state index is 13.3. The first-order valence-electron chi connectivity index (χ1n) is 10.9. The molecular formula is C25H26N6O2. The number of anilines is 1. The van der Waals surface area contributed by atoms with Crippen LogP contribution < -0.4 is 15.5 Å². The molecule has 0 unspecified atom stereocenters. The topological polar surface area (TPSA) is 103 Å². The molecule has 0 spiro atoms. The van der Waals surface area contributed by atoms with Gasteiger partial charge in [-0.1, -0.05) is 42.0 Å². The molecule has 0 radical (unpaired) electrons. The predicted molar refractivity (Wildman–Crippen MR) is 125 cm³/mol. The summed E-state index contributed by atoms with van der Waals surface area (Å²) in [5, 5.41) is 18.4. The average molecular weight is 443 g/mol. The maximum atomic E-state index is 13.3. The minimum Gasteiger partial charge on any atom is -0.350 e. The molecule has 2 aromatic carbocycles. The third-order valence-electron chi connectivity index (χ3n) is 5.85. The molecule has 8 nitrogen and oxygen atoms in total. The molecule has 33 heavy (non-hydrogen) atoms. The highest BCUT2D eigenvalue weighted by Crippen LogP contribution is 2.30. The van der Waals surface area contributed by atoms with Gasteiger partial charge < -0.3 is 10.2 Å². The summed E-state index contributed by atoms with van der Waals surface area (Å²) in [6, 6.07) is 14.9. The molecule has 0 saturated carbocycles. The number of nitriles is 1. The van der Waals surface area contributed by atoms with Crippen molar-refractivity contribution in [1.82, 2.24) is 20.4 Å². The van der Waals surface area contributed by atoms with Crippen LogP contribution >= 0.6 is 0 Å². The van der Waals surface area contributed by atoms with Crippen molar-refractivity contribution in [2.45, 2.75) is 39.9 Å². The summed E-state index contributed by atoms with van der Waals surface area (Å²) in [4.78, 5) is 27.3. The third-order valence-corrected chi connectivity index (χ3v) is 5.85. The van der Waals surface area contributed by atoms with E-state index in [2.05, 4.69) is 45.8 Å². The van der Waals surface area contributed by atoms with Crippen LogP contribution in [0, 0.1) is 25.3 Å². The fourth-order valence-corrected chi connectivity index (χ4v) is 4.22. The highest BCUT2D eigenvalue weighted by atomic mass is 16.2. The number of carbonyl (C=O) groups excluding carboxylic acids is 2. The Morgan fingerprint density at radius 3 is 2.58 bits per heavy atom. The van der Waals surface area contributed by atoms with Gasteiger partial charge >= 0.3 is 0 Å². The largest absolute Gasteiger partial charge is 0.350 e. The smallest absolute Gasteiger partial charge is 0.264 e. The Labute approximate surface area is 192 Å². The van der Waals surface area contributed by atoms with Gasteiger partial charge in [-0.25, -0.2) is 4.68 Å². The highest BCUT2D eigenvalue weighted by molar-refractivity contribution is 6.00. The second-order valence-electron chi connectivity index (χ2n) is 8.30. The Bertz CT molecular complexity index is 1240. The van der Waals surface area contributed by atoms with Gasteiger partial charge in [-0.2, -0.15) is 10.4 Å². The normalized spacial score (nSPS) is 13.2. The summed E-state index contributed by atoms with van der Waals surface area (Å²) in [7, 11) is 0. The van der Waals surface area contributed by atoms with Crippen LogP contribution in [0.15, 0.2) is 48.5 Å². The number of fused-ring (bicyclic) bond motifs is 1. The lowest BCUT2D eigenvalue weighted by Crippen LogP contribution is -2.29. The molecule has 0 fully saturated rings. The third kappa shape index (κ3) is 4.58. The number of nitrogens with one attached hydrogen (secondary N) is 2. The summed E-state index contributed by atoms with van der Waals surface area (Å²) in [6.07, 6.45) is 1.62. The molecule has 4 rings (SSSR count). The molecule has 2 amide bonds. The molecule has 0 bridgehead atoms. The van der Waals surface area contributed by atoms with Gasteiger partial charge in [0, 0.05) is 18.7 Å². The Balaban J connectivity index is 1.51. The number of hydrogen-bond donors (Lipinski definition) is 2. The molecule has 2 heterocycles. The number of amides is 2. The zero-order valence-corrected chi connectivity index (χ0v) is 18.9. The molecule has 168 valence electrons. The van der Waals surface area contributed by atoms with Gasteiger partial charge in [0.05, 0.1) is 18.3 Å². The van der Waals surface area contributed by atoms with E-state index in [0.717, 1.165) is 31.0 Å². The SMILES string of the molecule is Cc1cccc(CN2CCn3nc(C)c(C(=O)N[C@@H](C)c4ccc(C(=O)NC#N)cc4)c32)c1. The quantitative estimate of drug-likeness (QED) is 0.451. The molecule has 0 saturated heterocycles. The van der Waals surface area contributed by atoms with E-state index < -0.39 is 5.91 Å². The first-order valence-corrected chi connectivity index (χ1v) is 10.9. The molecule has 2 N–H and O–H groups in total. The van der Waals surface area contributed by atoms with E-state index in [1.807, 2.05) is 24.6 Å². The number of hydrogen-bond acceptors (Lipinski definition) is 5. The molecule has 1 aliphatic heterocycles. The van der Waals surface area contributed by atoms with Gasteiger partial charge in [-0.05, 0) is 44.0 Å². The molecular weight excluding hydrogens is 416 g/mol. The van der Waals surface area contributed by atoms with Crippen molar-refractivity contribution in [2.75, 3.05) is 11.4 Å². The number of benzene rings is 2. The van der Waals surface area contributed by atoms with Crippen LogP contribution in [0.5, 0.6) is 0 Å². The summed E-state index contributed by atoms with van der Waals surface area (Å²) in [5.74, 6) is 0.214. The van der Waals surface area contributed by atoms with E-state index in [1.54, 1.807) is 30.5 Å². The second-order valence-corrected chi connectivity index (χ2v) is 8.30. The van der Waals surface area contributed by atoms with Crippen molar-refractivity contribution in [3.05, 3.63) is 82.0 Å². The van der Waals surface area contributed by atoms with Crippen LogP contribution in [-0.2, 0) is 13.1 Å². The fraction of sp³-hybridized carbons (Fsp3) is 0.280. The predicted octanol–water partition coefficient (Wildman–Crippen LogP) is 3.22. The van der Waals surface area contributed by atoms with Gasteiger partial charge in [0.15, 0.2) is 6.19 Å². The Morgan fingerprint density at radius 1 is 1.12 bits per heavy atom. The number of rotatable bonds is 6. The Kier molecular flexibility index (Phi) is 6.13. The Hall–Kier alpha value is -4.12. The lowest BCUT2D eigenvalue weighted by Gasteiger charge is -2.20. The summed E-state index contributed by atoms with van der Waals surface area (Å²) < 4.78 is 1.91. The zero-order chi connectivity index (χ0) is 23.5. The lowest BCUT2D eigenvalue weighted by molar-refractivity contribution is 0.0937. The van der Waals surface area contributed by atoms with Gasteiger partial charge in [0.1, 0.15) is 11.4 Å². The molecule has 1 aliphatic rings. The van der Waals surface area contributed by atoms with Crippen LogP contribution in [0.2, 0.25) is 0 Å². The zero-order valence-electron chi connectivity index (χ0n) is 18.9. The molecule has 8 heteroatoms. The molecule has 0 aliphatic carbocycles. The fourth-order valence-electron chi connectivity index (χ4n) is 4.22. The first-order chi connectivity index (χ1) is 15.9. The van der Waals surface area contributed by atoms with Gasteiger partial charge in [0.25, 0.3) is 11.8 Å². The molecule has 3 aromatic rings. The monoisotopic (exact) mass is 442 g/mol. The lowest BCUT2D eigenvalue weighted by atomic mass is 10.0. The van der Waals surface area contributed by atoms with Crippen molar-refractivity contribution in [3.8, 4) is 6.19 Å².